The van der Waals surface area contributed by atoms with E-state index < -0.39 is 0 Å². The van der Waals surface area contributed by atoms with Crippen molar-refractivity contribution in [2.75, 3.05) is 10.6 Å². The van der Waals surface area contributed by atoms with E-state index in [1.54, 1.807) is 0 Å². The minimum atomic E-state index is -0.361. The van der Waals surface area contributed by atoms with Gasteiger partial charge in [-0.05, 0) is 59.4 Å². The van der Waals surface area contributed by atoms with Crippen molar-refractivity contribution in [3.63, 3.8) is 0 Å². The molecule has 1 spiro atoms. The van der Waals surface area contributed by atoms with Crippen LogP contribution in [0.2, 0.25) is 0 Å². The molecule has 2 aliphatic rings. The number of benzene rings is 4. The number of hydrogen-bond donors (Lipinski definition) is 1. The molecule has 4 aromatic carbocycles. The molecule has 1 aliphatic carbocycles. The van der Waals surface area contributed by atoms with Crippen molar-refractivity contribution < 1.29 is 0 Å². The first-order valence-electron chi connectivity index (χ1n) is 10.6. The Hall–Kier alpha value is -3.52. The predicted octanol–water partition coefficient (Wildman–Crippen LogP) is 6.49. The summed E-state index contributed by atoms with van der Waals surface area (Å²) < 4.78 is 0. The maximum absolute atomic E-state index is 6.68. The van der Waals surface area contributed by atoms with Gasteiger partial charge in [0.05, 0.1) is 16.8 Å². The lowest BCUT2D eigenvalue weighted by atomic mass is 9.64. The molecule has 0 fully saturated rings. The van der Waals surface area contributed by atoms with E-state index in [2.05, 4.69) is 104 Å². The Bertz CT molecular complexity index is 1260. The van der Waals surface area contributed by atoms with Gasteiger partial charge in [-0.2, -0.15) is 0 Å². The highest BCUT2D eigenvalue weighted by molar-refractivity contribution is 5.95. The highest BCUT2D eigenvalue weighted by Gasteiger charge is 2.51. The molecule has 0 saturated carbocycles. The van der Waals surface area contributed by atoms with Gasteiger partial charge in [0.2, 0.25) is 0 Å². The molecule has 0 atom stereocenters. The lowest BCUT2D eigenvalue weighted by Crippen LogP contribution is -2.40. The van der Waals surface area contributed by atoms with Gasteiger partial charge >= 0.3 is 0 Å². The minimum Gasteiger partial charge on any atom is -0.397 e. The van der Waals surface area contributed by atoms with Crippen LogP contribution in [0.25, 0.3) is 11.1 Å². The summed E-state index contributed by atoms with van der Waals surface area (Å²) in [6.07, 6.45) is 0. The quantitative estimate of drug-likeness (QED) is 0.332. The van der Waals surface area contributed by atoms with Crippen LogP contribution in [0.4, 0.5) is 17.1 Å². The Kier molecular flexibility index (Phi) is 3.47. The zero-order valence-electron chi connectivity index (χ0n) is 17.3. The lowest BCUT2D eigenvalue weighted by molar-refractivity contribution is 0.700. The molecule has 6 rings (SSSR count). The van der Waals surface area contributed by atoms with E-state index in [1.165, 1.54) is 39.1 Å². The molecule has 0 aromatic heterocycles. The van der Waals surface area contributed by atoms with Crippen LogP contribution in [0, 0.1) is 0 Å². The van der Waals surface area contributed by atoms with E-state index in [0.29, 0.717) is 6.04 Å². The average molecular weight is 389 g/mol. The van der Waals surface area contributed by atoms with Crippen LogP contribution < -0.4 is 10.6 Å². The molecule has 1 heterocycles. The second-order valence-electron chi connectivity index (χ2n) is 8.57. The van der Waals surface area contributed by atoms with Crippen LogP contribution >= 0.6 is 0 Å². The minimum absolute atomic E-state index is 0.291. The number of anilines is 3. The molecule has 4 aromatic rings. The number of hydrogen-bond acceptors (Lipinski definition) is 2. The molecule has 1 aliphatic heterocycles. The molecule has 2 heteroatoms. The van der Waals surface area contributed by atoms with Crippen molar-refractivity contribution in [3.8, 4) is 11.1 Å². The second kappa shape index (κ2) is 5.99. The second-order valence-corrected chi connectivity index (χ2v) is 8.57. The summed E-state index contributed by atoms with van der Waals surface area (Å²) in [6.45, 7) is 4.48. The smallest absolute Gasteiger partial charge is 0.0754 e. The maximum Gasteiger partial charge on any atom is 0.0754 e. The predicted molar refractivity (Wildman–Crippen MR) is 125 cm³/mol. The molecular weight excluding hydrogens is 364 g/mol. The van der Waals surface area contributed by atoms with Crippen LogP contribution in [0.3, 0.4) is 0 Å². The summed E-state index contributed by atoms with van der Waals surface area (Å²) in [4.78, 5) is 2.41. The summed E-state index contributed by atoms with van der Waals surface area (Å²) in [5.41, 5.74) is 17.4. The summed E-state index contributed by atoms with van der Waals surface area (Å²) >= 11 is 0. The van der Waals surface area contributed by atoms with Crippen molar-refractivity contribution in [1.29, 1.82) is 0 Å². The third-order valence-corrected chi connectivity index (χ3v) is 6.75. The summed E-state index contributed by atoms with van der Waals surface area (Å²) in [7, 11) is 0. The van der Waals surface area contributed by atoms with E-state index in [9.17, 15) is 0 Å². The molecule has 0 unspecified atom stereocenters. The molecule has 0 amide bonds. The van der Waals surface area contributed by atoms with Gasteiger partial charge in [-0.15, -0.1) is 0 Å². The van der Waals surface area contributed by atoms with Crippen molar-refractivity contribution in [1.82, 2.24) is 0 Å². The first-order chi connectivity index (χ1) is 14.7. The van der Waals surface area contributed by atoms with Crippen molar-refractivity contribution in [2.24, 2.45) is 0 Å². The normalized spacial score (nSPS) is 15.0. The van der Waals surface area contributed by atoms with Gasteiger partial charge in [0.25, 0.3) is 0 Å². The Labute approximate surface area is 177 Å². The van der Waals surface area contributed by atoms with Gasteiger partial charge in [0.15, 0.2) is 0 Å². The number of nitrogens with zero attached hydrogens (tertiary/aromatic N) is 1. The monoisotopic (exact) mass is 388 g/mol. The van der Waals surface area contributed by atoms with Gasteiger partial charge in [-0.3, -0.25) is 0 Å². The summed E-state index contributed by atoms with van der Waals surface area (Å²) in [5.74, 6) is 0. The maximum atomic E-state index is 6.68. The van der Waals surface area contributed by atoms with E-state index in [-0.39, 0.29) is 5.41 Å². The fourth-order valence-electron chi connectivity index (χ4n) is 5.75. The van der Waals surface area contributed by atoms with E-state index in [4.69, 9.17) is 5.73 Å². The lowest BCUT2D eigenvalue weighted by Gasteiger charge is -2.46. The van der Waals surface area contributed by atoms with Crippen LogP contribution in [-0.4, -0.2) is 6.04 Å². The Morgan fingerprint density at radius 2 is 1.17 bits per heavy atom. The highest BCUT2D eigenvalue weighted by Crippen LogP contribution is 2.63. The number of fused-ring (bicyclic) bond motifs is 9. The third-order valence-electron chi connectivity index (χ3n) is 6.75. The van der Waals surface area contributed by atoms with Crippen LogP contribution in [0.5, 0.6) is 0 Å². The standard InChI is InChI=1S/C28H24N2/c1-18(2)30-26-17-8-7-14-23(26)28(24-15-9-16-25(29)27(24)30)21-12-5-3-10-19(21)20-11-4-6-13-22(20)28/h3-18H,29H2,1-2H3. The van der Waals surface area contributed by atoms with Crippen LogP contribution in [-0.2, 0) is 5.41 Å². The third kappa shape index (κ3) is 1.94. The fraction of sp³-hybridized carbons (Fsp3) is 0.143. The Morgan fingerprint density at radius 3 is 1.80 bits per heavy atom. The van der Waals surface area contributed by atoms with Crippen LogP contribution in [0.1, 0.15) is 36.1 Å². The summed E-state index contributed by atoms with van der Waals surface area (Å²) in [6, 6.07) is 33.3. The number of para-hydroxylation sites is 2. The van der Waals surface area contributed by atoms with Crippen molar-refractivity contribution >= 4 is 17.1 Å². The SMILES string of the molecule is CC(C)N1c2ccccc2C2(c3ccccc3-c3ccccc32)c2cccc(N)c21. The van der Waals surface area contributed by atoms with Gasteiger partial charge in [0, 0.05) is 11.7 Å². The number of rotatable bonds is 1. The van der Waals surface area contributed by atoms with Gasteiger partial charge < -0.3 is 10.6 Å². The molecule has 2 nitrogen and oxygen atoms in total. The van der Waals surface area contributed by atoms with E-state index in [1.807, 2.05) is 6.07 Å². The Morgan fingerprint density at radius 1 is 0.633 bits per heavy atom. The fourth-order valence-corrected chi connectivity index (χ4v) is 5.75. The topological polar surface area (TPSA) is 29.3 Å². The number of nitrogen functional groups attached to an aromatic ring is 1. The largest absolute Gasteiger partial charge is 0.397 e. The molecule has 0 radical (unpaired) electrons. The molecule has 30 heavy (non-hydrogen) atoms. The number of nitrogens with two attached hydrogens (primary N) is 1. The van der Waals surface area contributed by atoms with E-state index >= 15 is 0 Å². The van der Waals surface area contributed by atoms with E-state index in [0.717, 1.165) is 11.4 Å². The van der Waals surface area contributed by atoms with Crippen molar-refractivity contribution in [2.45, 2.75) is 25.3 Å². The van der Waals surface area contributed by atoms with Crippen molar-refractivity contribution in [3.05, 3.63) is 113 Å². The highest BCUT2D eigenvalue weighted by atomic mass is 15.2. The molecular formula is C28H24N2. The van der Waals surface area contributed by atoms with Gasteiger partial charge in [0.1, 0.15) is 0 Å². The molecule has 146 valence electrons. The van der Waals surface area contributed by atoms with Gasteiger partial charge in [-0.1, -0.05) is 78.9 Å². The van der Waals surface area contributed by atoms with Gasteiger partial charge in [-0.25, -0.2) is 0 Å². The first kappa shape index (κ1) is 17.3. The zero-order chi connectivity index (χ0) is 20.5. The first-order valence-corrected chi connectivity index (χ1v) is 10.6. The molecule has 0 bridgehead atoms. The molecule has 2 N–H and O–H groups in total. The zero-order valence-corrected chi connectivity index (χ0v) is 17.3. The van der Waals surface area contributed by atoms with Crippen LogP contribution in [0.15, 0.2) is 91.0 Å². The summed E-state index contributed by atoms with van der Waals surface area (Å²) in [5, 5.41) is 0. The Balaban J connectivity index is 1.86. The molecule has 0 saturated heterocycles. The average Bonchev–Trinajstić information content (AvgIpc) is 3.06.